The summed E-state index contributed by atoms with van der Waals surface area (Å²) in [5, 5.41) is 2.61. The van der Waals surface area contributed by atoms with Gasteiger partial charge in [-0.05, 0) is 74.0 Å². The van der Waals surface area contributed by atoms with Crippen LogP contribution in [0.4, 0.5) is 11.6 Å². The van der Waals surface area contributed by atoms with Gasteiger partial charge in [0.2, 0.25) is 11.9 Å². The van der Waals surface area contributed by atoms with Crippen LogP contribution in [-0.2, 0) is 21.4 Å². The summed E-state index contributed by atoms with van der Waals surface area (Å²) < 4.78 is 33.3. The van der Waals surface area contributed by atoms with E-state index in [1.807, 2.05) is 18.2 Å². The Bertz CT molecular complexity index is 1590. The molecule has 0 bridgehead atoms. The number of benzene rings is 2. The zero-order valence-electron chi connectivity index (χ0n) is 21.1. The van der Waals surface area contributed by atoms with Crippen LogP contribution >= 0.6 is 11.8 Å². The lowest BCUT2D eigenvalue weighted by Gasteiger charge is -2.23. The van der Waals surface area contributed by atoms with Gasteiger partial charge < -0.3 is 14.6 Å². The lowest BCUT2D eigenvalue weighted by Crippen LogP contribution is -2.27. The number of nitrogens with zero attached hydrogens (tertiary/aromatic N) is 3. The number of hydrogen-bond acceptors (Lipinski definition) is 8. The molecule has 2 N–H and O–H groups in total. The number of aromatic nitrogens is 2. The van der Waals surface area contributed by atoms with Crippen molar-refractivity contribution in [2.24, 2.45) is 0 Å². The van der Waals surface area contributed by atoms with Crippen molar-refractivity contribution in [3.8, 4) is 0 Å². The number of carbonyl (C=O) groups is 2. The molecule has 1 fully saturated rings. The summed E-state index contributed by atoms with van der Waals surface area (Å²) in [7, 11) is -3.91. The predicted octanol–water partition coefficient (Wildman–Crippen LogP) is 4.51. The van der Waals surface area contributed by atoms with Crippen LogP contribution in [0.2, 0.25) is 0 Å². The van der Waals surface area contributed by atoms with E-state index in [0.29, 0.717) is 40.7 Å². The fourth-order valence-electron chi connectivity index (χ4n) is 4.14. The van der Waals surface area contributed by atoms with E-state index in [9.17, 15) is 18.0 Å². The van der Waals surface area contributed by atoms with E-state index in [2.05, 4.69) is 20.0 Å². The monoisotopic (exact) mass is 563 g/mol. The van der Waals surface area contributed by atoms with Crippen molar-refractivity contribution >= 4 is 45.2 Å². The Morgan fingerprint density at radius 2 is 1.74 bits per heavy atom. The van der Waals surface area contributed by atoms with Gasteiger partial charge in [-0.2, -0.15) is 0 Å². The topological polar surface area (TPSA) is 134 Å². The van der Waals surface area contributed by atoms with Crippen LogP contribution in [0.1, 0.15) is 38.4 Å². The van der Waals surface area contributed by atoms with E-state index in [0.717, 1.165) is 5.56 Å². The molecule has 200 valence electrons. The Labute approximate surface area is 229 Å². The third kappa shape index (κ3) is 6.13. The van der Waals surface area contributed by atoms with Gasteiger partial charge in [-0.1, -0.05) is 12.1 Å². The molecule has 5 rings (SSSR count). The molecular formula is C27H25N5O5S2. The number of aryl methyl sites for hydroxylation is 2. The Balaban J connectivity index is 1.23. The molecule has 1 atom stereocenters. The summed E-state index contributed by atoms with van der Waals surface area (Å²) in [6.07, 6.45) is 1.58. The van der Waals surface area contributed by atoms with Crippen LogP contribution in [0.5, 0.6) is 0 Å². The molecule has 0 radical (unpaired) electrons. The molecule has 10 nitrogen and oxygen atoms in total. The zero-order valence-corrected chi connectivity index (χ0v) is 22.8. The van der Waals surface area contributed by atoms with E-state index in [4.69, 9.17) is 4.42 Å². The zero-order chi connectivity index (χ0) is 27.6. The van der Waals surface area contributed by atoms with Gasteiger partial charge in [0.25, 0.3) is 15.9 Å². The minimum absolute atomic E-state index is 0.00205. The van der Waals surface area contributed by atoms with Gasteiger partial charge in [-0.15, -0.1) is 11.8 Å². The first-order valence-electron chi connectivity index (χ1n) is 12.0. The highest BCUT2D eigenvalue weighted by atomic mass is 32.2. The van der Waals surface area contributed by atoms with Gasteiger partial charge in [-0.3, -0.25) is 9.59 Å². The first kappa shape index (κ1) is 26.4. The molecule has 1 saturated heterocycles. The fourth-order valence-corrected chi connectivity index (χ4v) is 6.27. The fraction of sp³-hybridized carbons (Fsp3) is 0.185. The molecule has 2 aromatic heterocycles. The third-order valence-electron chi connectivity index (χ3n) is 5.96. The van der Waals surface area contributed by atoms with Gasteiger partial charge in [-0.25, -0.2) is 23.1 Å². The minimum Gasteiger partial charge on any atom is -0.467 e. The van der Waals surface area contributed by atoms with Crippen molar-refractivity contribution < 1.29 is 22.4 Å². The standard InChI is InChI=1S/C27H25N5O5S2/c1-17-14-18(2)29-27(28-17)31-39(35,36)23-11-9-21(10-12-23)30-25(34)19-5-7-20(8-6-19)26-32(24(33)16-38-26)15-22-4-3-13-37-22/h3-14,26H,15-16H2,1-2H3,(H,30,34)(H,28,29,31)/t26-/m1/s1. The molecule has 2 aromatic carbocycles. The molecule has 1 aliphatic rings. The van der Waals surface area contributed by atoms with E-state index in [-0.39, 0.29) is 28.0 Å². The quantitative estimate of drug-likeness (QED) is 0.320. The van der Waals surface area contributed by atoms with Crippen molar-refractivity contribution in [3.05, 3.63) is 101 Å². The summed E-state index contributed by atoms with van der Waals surface area (Å²) in [5.74, 6) is 0.775. The van der Waals surface area contributed by atoms with Crippen molar-refractivity contribution in [3.63, 3.8) is 0 Å². The molecule has 4 aromatic rings. The summed E-state index contributed by atoms with van der Waals surface area (Å²) in [6, 6.07) is 18.2. The number of amides is 2. The molecular weight excluding hydrogens is 538 g/mol. The highest BCUT2D eigenvalue weighted by Crippen LogP contribution is 2.39. The second-order valence-electron chi connectivity index (χ2n) is 8.94. The maximum atomic E-state index is 12.8. The maximum Gasteiger partial charge on any atom is 0.264 e. The number of sulfonamides is 1. The number of furan rings is 1. The lowest BCUT2D eigenvalue weighted by atomic mass is 10.1. The van der Waals surface area contributed by atoms with Crippen LogP contribution in [0.3, 0.4) is 0 Å². The number of nitrogens with one attached hydrogen (secondary N) is 2. The summed E-state index contributed by atoms with van der Waals surface area (Å²) in [5.41, 5.74) is 3.06. The normalized spacial score (nSPS) is 15.4. The Hall–Kier alpha value is -4.16. The highest BCUT2D eigenvalue weighted by molar-refractivity contribution is 8.00. The summed E-state index contributed by atoms with van der Waals surface area (Å²) in [4.78, 5) is 35.2. The molecule has 3 heterocycles. The molecule has 1 aliphatic heterocycles. The highest BCUT2D eigenvalue weighted by Gasteiger charge is 2.33. The second kappa shape index (κ2) is 10.9. The first-order valence-corrected chi connectivity index (χ1v) is 14.5. The largest absolute Gasteiger partial charge is 0.467 e. The second-order valence-corrected chi connectivity index (χ2v) is 11.7. The molecule has 39 heavy (non-hydrogen) atoms. The number of thioether (sulfide) groups is 1. The van der Waals surface area contributed by atoms with Gasteiger partial charge in [0, 0.05) is 22.6 Å². The Kier molecular flexibility index (Phi) is 7.40. The predicted molar refractivity (Wildman–Crippen MR) is 148 cm³/mol. The number of hydrogen-bond donors (Lipinski definition) is 2. The van der Waals surface area contributed by atoms with Crippen molar-refractivity contribution in [2.75, 3.05) is 15.8 Å². The smallest absolute Gasteiger partial charge is 0.264 e. The lowest BCUT2D eigenvalue weighted by molar-refractivity contribution is -0.128. The number of rotatable bonds is 8. The van der Waals surface area contributed by atoms with E-state index in [1.165, 1.54) is 36.0 Å². The van der Waals surface area contributed by atoms with Crippen LogP contribution < -0.4 is 10.0 Å². The van der Waals surface area contributed by atoms with Crippen LogP contribution in [-0.4, -0.2) is 40.9 Å². The summed E-state index contributed by atoms with van der Waals surface area (Å²) in [6.45, 7) is 3.89. The molecule has 12 heteroatoms. The molecule has 0 saturated carbocycles. The average molecular weight is 564 g/mol. The number of carbonyl (C=O) groups excluding carboxylic acids is 2. The molecule has 0 aliphatic carbocycles. The van der Waals surface area contributed by atoms with Gasteiger partial charge in [0.1, 0.15) is 11.1 Å². The molecule has 0 spiro atoms. The SMILES string of the molecule is Cc1cc(C)nc(NS(=O)(=O)c2ccc(NC(=O)c3ccc([C@H]4SCC(=O)N4Cc4ccco4)cc3)cc2)n1. The van der Waals surface area contributed by atoms with E-state index >= 15 is 0 Å². The van der Waals surface area contributed by atoms with Gasteiger partial charge in [0.15, 0.2) is 0 Å². The third-order valence-corrected chi connectivity index (χ3v) is 8.56. The average Bonchev–Trinajstić information content (AvgIpc) is 3.54. The Morgan fingerprint density at radius 1 is 1.05 bits per heavy atom. The van der Waals surface area contributed by atoms with E-state index in [1.54, 1.807) is 49.3 Å². The maximum absolute atomic E-state index is 12.8. The van der Waals surface area contributed by atoms with Gasteiger partial charge in [0.05, 0.1) is 23.5 Å². The number of anilines is 2. The molecule has 0 unspecified atom stereocenters. The summed E-state index contributed by atoms with van der Waals surface area (Å²) >= 11 is 1.53. The molecule has 2 amide bonds. The first-order chi connectivity index (χ1) is 18.7. The minimum atomic E-state index is -3.91. The van der Waals surface area contributed by atoms with Crippen molar-refractivity contribution in [1.29, 1.82) is 0 Å². The van der Waals surface area contributed by atoms with Crippen molar-refractivity contribution in [1.82, 2.24) is 14.9 Å². The van der Waals surface area contributed by atoms with Crippen LogP contribution in [0.25, 0.3) is 0 Å². The van der Waals surface area contributed by atoms with Crippen LogP contribution in [0, 0.1) is 13.8 Å². The van der Waals surface area contributed by atoms with Crippen molar-refractivity contribution in [2.45, 2.75) is 30.7 Å². The van der Waals surface area contributed by atoms with E-state index < -0.39 is 10.0 Å². The van der Waals surface area contributed by atoms with Gasteiger partial charge >= 0.3 is 0 Å². The Morgan fingerprint density at radius 3 is 2.38 bits per heavy atom. The van der Waals surface area contributed by atoms with Crippen LogP contribution in [0.15, 0.2) is 82.3 Å².